The van der Waals surface area contributed by atoms with Crippen molar-refractivity contribution in [2.24, 2.45) is 7.05 Å². The van der Waals surface area contributed by atoms with Crippen molar-refractivity contribution in [1.82, 2.24) is 14.9 Å². The molecule has 1 saturated heterocycles. The van der Waals surface area contributed by atoms with E-state index in [4.69, 9.17) is 4.74 Å². The fourth-order valence-corrected chi connectivity index (χ4v) is 3.48. The molecule has 1 atom stereocenters. The molecule has 1 unspecified atom stereocenters. The van der Waals surface area contributed by atoms with Crippen molar-refractivity contribution < 1.29 is 4.74 Å². The van der Waals surface area contributed by atoms with Crippen LogP contribution in [0.3, 0.4) is 0 Å². The van der Waals surface area contributed by atoms with E-state index < -0.39 is 0 Å². The molecule has 0 aliphatic carbocycles. The van der Waals surface area contributed by atoms with Crippen LogP contribution in [0.25, 0.3) is 10.9 Å². The number of nitrogens with zero attached hydrogens (tertiary/aromatic N) is 2. The fraction of sp³-hybridized carbons (Fsp3) is 0.333. The number of aromatic nitrogens is 2. The third kappa shape index (κ3) is 3.48. The van der Waals surface area contributed by atoms with Gasteiger partial charge < -0.3 is 10.1 Å². The van der Waals surface area contributed by atoms with E-state index in [1.54, 1.807) is 17.7 Å². The molecule has 1 fully saturated rings. The number of para-hydroxylation sites is 1. The SMILES string of the molecule is Cn1c(COc2ccc(CC3CCCN3)cc2)nc2ccccc2c1=O. The normalized spacial score (nSPS) is 16.9. The zero-order valence-corrected chi connectivity index (χ0v) is 14.9. The summed E-state index contributed by atoms with van der Waals surface area (Å²) in [4.78, 5) is 17.0. The smallest absolute Gasteiger partial charge is 0.261 e. The molecule has 0 amide bonds. The first-order valence-electron chi connectivity index (χ1n) is 9.10. The maximum absolute atomic E-state index is 12.4. The standard InChI is InChI=1S/C21H23N3O2/c1-24-20(23-19-7-3-2-6-18(19)21(24)25)14-26-17-10-8-15(9-11-17)13-16-5-4-12-22-16/h2-3,6-11,16,22H,4-5,12-14H2,1H3. The molecule has 0 saturated carbocycles. The van der Waals surface area contributed by atoms with E-state index in [1.807, 2.05) is 30.3 Å². The second-order valence-electron chi connectivity index (χ2n) is 6.84. The summed E-state index contributed by atoms with van der Waals surface area (Å²) in [5.41, 5.74) is 1.97. The maximum atomic E-state index is 12.4. The van der Waals surface area contributed by atoms with Gasteiger partial charge in [0.25, 0.3) is 5.56 Å². The van der Waals surface area contributed by atoms with Crippen LogP contribution in [-0.4, -0.2) is 22.1 Å². The highest BCUT2D eigenvalue weighted by atomic mass is 16.5. The van der Waals surface area contributed by atoms with Crippen LogP contribution in [0.5, 0.6) is 5.75 Å². The third-order valence-electron chi connectivity index (χ3n) is 5.01. The maximum Gasteiger partial charge on any atom is 0.261 e. The first-order chi connectivity index (χ1) is 12.7. The summed E-state index contributed by atoms with van der Waals surface area (Å²) < 4.78 is 7.42. The second kappa shape index (κ2) is 7.30. The second-order valence-corrected chi connectivity index (χ2v) is 6.84. The number of nitrogens with one attached hydrogen (secondary N) is 1. The lowest BCUT2D eigenvalue weighted by atomic mass is 10.0. The monoisotopic (exact) mass is 349 g/mol. The Kier molecular flexibility index (Phi) is 4.71. The average molecular weight is 349 g/mol. The first kappa shape index (κ1) is 16.8. The van der Waals surface area contributed by atoms with Crippen molar-refractivity contribution in [1.29, 1.82) is 0 Å². The van der Waals surface area contributed by atoms with Crippen molar-refractivity contribution in [2.75, 3.05) is 6.54 Å². The van der Waals surface area contributed by atoms with Crippen molar-refractivity contribution in [3.8, 4) is 5.75 Å². The minimum absolute atomic E-state index is 0.0476. The van der Waals surface area contributed by atoms with Gasteiger partial charge >= 0.3 is 0 Å². The molecular formula is C21H23N3O2. The fourth-order valence-electron chi connectivity index (χ4n) is 3.48. The molecule has 1 N–H and O–H groups in total. The lowest BCUT2D eigenvalue weighted by Gasteiger charge is -2.12. The molecule has 2 heterocycles. The Labute approximate surface area is 152 Å². The van der Waals surface area contributed by atoms with Crippen LogP contribution in [0.4, 0.5) is 0 Å². The average Bonchev–Trinajstić information content (AvgIpc) is 3.18. The molecule has 26 heavy (non-hydrogen) atoms. The minimum Gasteiger partial charge on any atom is -0.486 e. The summed E-state index contributed by atoms with van der Waals surface area (Å²) in [6.45, 7) is 1.39. The van der Waals surface area contributed by atoms with E-state index >= 15 is 0 Å². The Bertz CT molecular complexity index is 957. The van der Waals surface area contributed by atoms with Gasteiger partial charge in [-0.1, -0.05) is 24.3 Å². The Balaban J connectivity index is 1.46. The van der Waals surface area contributed by atoms with Crippen LogP contribution < -0.4 is 15.6 Å². The molecule has 0 radical (unpaired) electrons. The van der Waals surface area contributed by atoms with Crippen molar-refractivity contribution >= 4 is 10.9 Å². The third-order valence-corrected chi connectivity index (χ3v) is 5.01. The number of benzene rings is 2. The number of ether oxygens (including phenoxy) is 1. The predicted molar refractivity (Wildman–Crippen MR) is 102 cm³/mol. The molecule has 1 aliphatic rings. The van der Waals surface area contributed by atoms with Crippen LogP contribution in [0.2, 0.25) is 0 Å². The van der Waals surface area contributed by atoms with E-state index in [1.165, 1.54) is 18.4 Å². The summed E-state index contributed by atoms with van der Waals surface area (Å²) in [6.07, 6.45) is 3.57. The van der Waals surface area contributed by atoms with Crippen LogP contribution in [0.1, 0.15) is 24.2 Å². The van der Waals surface area contributed by atoms with Gasteiger partial charge in [0.2, 0.25) is 0 Å². The molecule has 2 aromatic carbocycles. The molecule has 0 spiro atoms. The van der Waals surface area contributed by atoms with Crippen molar-refractivity contribution in [2.45, 2.75) is 31.9 Å². The van der Waals surface area contributed by atoms with Gasteiger partial charge in [-0.3, -0.25) is 9.36 Å². The van der Waals surface area contributed by atoms with E-state index in [0.29, 0.717) is 22.8 Å². The summed E-state index contributed by atoms with van der Waals surface area (Å²) in [6, 6.07) is 16.2. The highest BCUT2D eigenvalue weighted by molar-refractivity contribution is 5.77. The van der Waals surface area contributed by atoms with Gasteiger partial charge in [-0.25, -0.2) is 4.98 Å². The number of hydrogen-bond donors (Lipinski definition) is 1. The van der Waals surface area contributed by atoms with Crippen LogP contribution in [0, 0.1) is 0 Å². The van der Waals surface area contributed by atoms with Gasteiger partial charge in [-0.15, -0.1) is 0 Å². The predicted octanol–water partition coefficient (Wildman–Crippen LogP) is 2.81. The van der Waals surface area contributed by atoms with Gasteiger partial charge in [0.1, 0.15) is 18.2 Å². The molecule has 1 aliphatic heterocycles. The molecule has 5 nitrogen and oxygen atoms in total. The molecule has 5 heteroatoms. The lowest BCUT2D eigenvalue weighted by molar-refractivity contribution is 0.289. The van der Waals surface area contributed by atoms with E-state index in [9.17, 15) is 4.79 Å². The lowest BCUT2D eigenvalue weighted by Crippen LogP contribution is -2.23. The first-order valence-corrected chi connectivity index (χ1v) is 9.10. The van der Waals surface area contributed by atoms with E-state index in [-0.39, 0.29) is 12.2 Å². The van der Waals surface area contributed by atoms with Crippen LogP contribution >= 0.6 is 0 Å². The molecule has 1 aromatic heterocycles. The highest BCUT2D eigenvalue weighted by Crippen LogP contribution is 2.17. The summed E-state index contributed by atoms with van der Waals surface area (Å²) in [5.74, 6) is 1.41. The summed E-state index contributed by atoms with van der Waals surface area (Å²) in [5, 5.41) is 4.15. The Morgan fingerprint density at radius 1 is 1.19 bits per heavy atom. The van der Waals surface area contributed by atoms with Gasteiger partial charge in [0, 0.05) is 13.1 Å². The molecule has 134 valence electrons. The molecular weight excluding hydrogens is 326 g/mol. The highest BCUT2D eigenvalue weighted by Gasteiger charge is 2.14. The van der Waals surface area contributed by atoms with E-state index in [2.05, 4.69) is 22.4 Å². The quantitative estimate of drug-likeness (QED) is 0.770. The number of hydrogen-bond acceptors (Lipinski definition) is 4. The van der Waals surface area contributed by atoms with Gasteiger partial charge in [-0.2, -0.15) is 0 Å². The number of fused-ring (bicyclic) bond motifs is 1. The summed E-state index contributed by atoms with van der Waals surface area (Å²) >= 11 is 0. The molecule has 4 rings (SSSR count). The zero-order chi connectivity index (χ0) is 17.9. The van der Waals surface area contributed by atoms with Crippen LogP contribution in [0.15, 0.2) is 53.3 Å². The summed E-state index contributed by atoms with van der Waals surface area (Å²) in [7, 11) is 1.73. The Morgan fingerprint density at radius 3 is 2.77 bits per heavy atom. The molecule has 0 bridgehead atoms. The Hall–Kier alpha value is -2.66. The topological polar surface area (TPSA) is 56.1 Å². The van der Waals surface area contributed by atoms with Crippen LogP contribution in [-0.2, 0) is 20.1 Å². The Morgan fingerprint density at radius 2 is 2.00 bits per heavy atom. The minimum atomic E-state index is -0.0476. The van der Waals surface area contributed by atoms with Gasteiger partial charge in [-0.05, 0) is 55.6 Å². The number of rotatable bonds is 5. The van der Waals surface area contributed by atoms with Crippen molar-refractivity contribution in [3.05, 3.63) is 70.3 Å². The van der Waals surface area contributed by atoms with Crippen molar-refractivity contribution in [3.63, 3.8) is 0 Å². The largest absolute Gasteiger partial charge is 0.486 e. The van der Waals surface area contributed by atoms with Gasteiger partial charge in [0.05, 0.1) is 10.9 Å². The van der Waals surface area contributed by atoms with E-state index in [0.717, 1.165) is 18.7 Å². The zero-order valence-electron chi connectivity index (χ0n) is 14.9. The molecule has 3 aromatic rings. The van der Waals surface area contributed by atoms with Gasteiger partial charge in [0.15, 0.2) is 0 Å².